The number of para-hydroxylation sites is 1. The molecule has 0 spiro atoms. The minimum Gasteiger partial charge on any atom is -0.466 e. The Balaban J connectivity index is 2.60. The second-order valence-electron chi connectivity index (χ2n) is 4.88. The number of nitrogens with one attached hydrogen (secondary N) is 2. The molecule has 0 radical (unpaired) electrons. The Hall–Kier alpha value is -2.90. The summed E-state index contributed by atoms with van der Waals surface area (Å²) in [5.74, 6) is -2.72. The maximum atomic E-state index is 12.2. The van der Waals surface area contributed by atoms with Crippen molar-refractivity contribution in [1.29, 1.82) is 0 Å². The molecule has 0 unspecified atom stereocenters. The van der Waals surface area contributed by atoms with E-state index in [9.17, 15) is 19.2 Å². The van der Waals surface area contributed by atoms with Gasteiger partial charge in [-0.25, -0.2) is 4.79 Å². The number of anilines is 1. The second kappa shape index (κ2) is 10.8. The molecule has 0 atom stereocenters. The van der Waals surface area contributed by atoms with Gasteiger partial charge in [-0.2, -0.15) is 0 Å². The third kappa shape index (κ3) is 7.03. The number of ether oxygens (including phenoxy) is 2. The molecule has 0 aromatic heterocycles. The van der Waals surface area contributed by atoms with Crippen LogP contribution in [-0.4, -0.2) is 43.5 Å². The number of benzene rings is 1. The first-order chi connectivity index (χ1) is 12.0. The fraction of sp³-hybridized carbons (Fsp3) is 0.412. The van der Waals surface area contributed by atoms with Crippen LogP contribution >= 0.6 is 0 Å². The van der Waals surface area contributed by atoms with E-state index in [-0.39, 0.29) is 36.8 Å². The fourth-order valence-corrected chi connectivity index (χ4v) is 1.92. The predicted octanol–water partition coefficient (Wildman–Crippen LogP) is 1.26. The number of hydrogen-bond acceptors (Lipinski definition) is 6. The van der Waals surface area contributed by atoms with Crippen molar-refractivity contribution in [1.82, 2.24) is 5.32 Å². The van der Waals surface area contributed by atoms with Gasteiger partial charge in [-0.3, -0.25) is 14.4 Å². The highest BCUT2D eigenvalue weighted by atomic mass is 16.5. The minimum absolute atomic E-state index is 0.0782. The van der Waals surface area contributed by atoms with Gasteiger partial charge < -0.3 is 20.1 Å². The Morgan fingerprint density at radius 3 is 2.36 bits per heavy atom. The van der Waals surface area contributed by atoms with Crippen LogP contribution < -0.4 is 10.6 Å². The largest absolute Gasteiger partial charge is 0.466 e. The van der Waals surface area contributed by atoms with E-state index in [1.807, 2.05) is 0 Å². The lowest BCUT2D eigenvalue weighted by atomic mass is 10.1. The van der Waals surface area contributed by atoms with Crippen LogP contribution in [0.1, 0.15) is 37.0 Å². The zero-order chi connectivity index (χ0) is 18.7. The highest BCUT2D eigenvalue weighted by Gasteiger charge is 2.18. The molecule has 2 amide bonds. The molecule has 0 saturated carbocycles. The van der Waals surface area contributed by atoms with Crippen LogP contribution in [0.3, 0.4) is 0 Å². The summed E-state index contributed by atoms with van der Waals surface area (Å²) in [5.41, 5.74) is 0.403. The van der Waals surface area contributed by atoms with E-state index in [0.717, 1.165) is 0 Å². The minimum atomic E-state index is -1.02. The zero-order valence-corrected chi connectivity index (χ0v) is 14.3. The molecule has 8 nitrogen and oxygen atoms in total. The van der Waals surface area contributed by atoms with Crippen molar-refractivity contribution in [2.24, 2.45) is 0 Å². The molecular weight excluding hydrogens is 328 g/mol. The lowest BCUT2D eigenvalue weighted by Gasteiger charge is -2.11. The van der Waals surface area contributed by atoms with Gasteiger partial charge in [-0.1, -0.05) is 12.1 Å². The van der Waals surface area contributed by atoms with Gasteiger partial charge in [0.15, 0.2) is 0 Å². The average molecular weight is 350 g/mol. The normalized spacial score (nSPS) is 9.84. The first-order valence-electron chi connectivity index (χ1n) is 8.00. The molecule has 25 heavy (non-hydrogen) atoms. The van der Waals surface area contributed by atoms with Crippen LogP contribution in [0.15, 0.2) is 24.3 Å². The third-order valence-corrected chi connectivity index (χ3v) is 3.03. The molecule has 0 fully saturated rings. The van der Waals surface area contributed by atoms with Crippen molar-refractivity contribution in [3.05, 3.63) is 29.8 Å². The van der Waals surface area contributed by atoms with Crippen molar-refractivity contribution in [2.75, 3.05) is 25.1 Å². The molecule has 1 aromatic carbocycles. The molecule has 0 aliphatic carbocycles. The topological polar surface area (TPSA) is 111 Å². The Kier molecular flexibility index (Phi) is 8.70. The first kappa shape index (κ1) is 20.1. The molecule has 0 aliphatic heterocycles. The van der Waals surface area contributed by atoms with E-state index in [1.54, 1.807) is 26.0 Å². The second-order valence-corrected chi connectivity index (χ2v) is 4.88. The first-order valence-corrected chi connectivity index (χ1v) is 8.00. The van der Waals surface area contributed by atoms with E-state index in [4.69, 9.17) is 4.74 Å². The number of amides is 2. The molecule has 0 aliphatic rings. The average Bonchev–Trinajstić information content (AvgIpc) is 2.59. The van der Waals surface area contributed by atoms with Crippen molar-refractivity contribution >= 4 is 29.4 Å². The van der Waals surface area contributed by atoms with Gasteiger partial charge in [0.2, 0.25) is 0 Å². The van der Waals surface area contributed by atoms with E-state index < -0.39 is 17.8 Å². The monoisotopic (exact) mass is 350 g/mol. The van der Waals surface area contributed by atoms with Crippen LogP contribution in [0.5, 0.6) is 0 Å². The maximum absolute atomic E-state index is 12.2. The lowest BCUT2D eigenvalue weighted by Crippen LogP contribution is -2.29. The van der Waals surface area contributed by atoms with Crippen LogP contribution in [0, 0.1) is 0 Å². The number of carbonyl (C=O) groups excluding carboxylic acids is 4. The summed E-state index contributed by atoms with van der Waals surface area (Å²) in [4.78, 5) is 46.5. The quantitative estimate of drug-likeness (QED) is 0.415. The van der Waals surface area contributed by atoms with Gasteiger partial charge in [0.05, 0.1) is 24.5 Å². The Morgan fingerprint density at radius 2 is 1.68 bits per heavy atom. The summed E-state index contributed by atoms with van der Waals surface area (Å²) in [6.07, 6.45) is 0.636. The highest BCUT2D eigenvalue weighted by molar-refractivity contribution is 6.37. The molecule has 8 heteroatoms. The van der Waals surface area contributed by atoms with Crippen molar-refractivity contribution in [3.8, 4) is 0 Å². The molecule has 1 rings (SSSR count). The molecular formula is C17H22N2O6. The van der Waals surface area contributed by atoms with Crippen LogP contribution in [-0.2, 0) is 23.9 Å². The van der Waals surface area contributed by atoms with Gasteiger partial charge in [-0.15, -0.1) is 0 Å². The number of hydrogen-bond donors (Lipinski definition) is 2. The van der Waals surface area contributed by atoms with E-state index in [0.29, 0.717) is 13.0 Å². The third-order valence-electron chi connectivity index (χ3n) is 3.03. The van der Waals surface area contributed by atoms with Gasteiger partial charge in [0.25, 0.3) is 5.91 Å². The predicted molar refractivity (Wildman–Crippen MR) is 89.9 cm³/mol. The summed E-state index contributed by atoms with van der Waals surface area (Å²) in [6, 6.07) is 6.28. The van der Waals surface area contributed by atoms with Gasteiger partial charge in [0, 0.05) is 13.0 Å². The number of carbonyl (C=O) groups is 4. The van der Waals surface area contributed by atoms with E-state index >= 15 is 0 Å². The molecule has 136 valence electrons. The summed E-state index contributed by atoms with van der Waals surface area (Å²) in [7, 11) is 0. The molecule has 0 heterocycles. The summed E-state index contributed by atoms with van der Waals surface area (Å²) in [6.45, 7) is 3.98. The maximum Gasteiger partial charge on any atom is 0.397 e. The highest BCUT2D eigenvalue weighted by Crippen LogP contribution is 2.15. The SMILES string of the molecule is CCOC(=O)CCCNC(=O)c1ccccc1NC(=O)C(=O)OCC. The number of esters is 2. The molecule has 1 aromatic rings. The van der Waals surface area contributed by atoms with Crippen LogP contribution in [0.2, 0.25) is 0 Å². The van der Waals surface area contributed by atoms with E-state index in [1.165, 1.54) is 12.1 Å². The molecule has 2 N–H and O–H groups in total. The van der Waals surface area contributed by atoms with Crippen LogP contribution in [0.4, 0.5) is 5.69 Å². The van der Waals surface area contributed by atoms with Crippen LogP contribution in [0.25, 0.3) is 0 Å². The standard InChI is InChI=1S/C17H22N2O6/c1-3-24-14(20)10-7-11-18-15(21)12-8-5-6-9-13(12)19-16(22)17(23)25-4-2/h5-6,8-9H,3-4,7,10-11H2,1-2H3,(H,18,21)(H,19,22). The van der Waals surface area contributed by atoms with Crippen molar-refractivity contribution in [3.63, 3.8) is 0 Å². The van der Waals surface area contributed by atoms with Gasteiger partial charge in [0.1, 0.15) is 0 Å². The molecule has 0 bridgehead atoms. The van der Waals surface area contributed by atoms with Gasteiger partial charge in [-0.05, 0) is 32.4 Å². The van der Waals surface area contributed by atoms with E-state index in [2.05, 4.69) is 15.4 Å². The fourth-order valence-electron chi connectivity index (χ4n) is 1.92. The summed E-state index contributed by atoms with van der Waals surface area (Å²) in [5, 5.41) is 5.00. The summed E-state index contributed by atoms with van der Waals surface area (Å²) >= 11 is 0. The Labute approximate surface area is 145 Å². The summed E-state index contributed by atoms with van der Waals surface area (Å²) < 4.78 is 9.40. The van der Waals surface area contributed by atoms with Crippen molar-refractivity contribution < 1.29 is 28.7 Å². The zero-order valence-electron chi connectivity index (χ0n) is 14.3. The number of rotatable bonds is 8. The Morgan fingerprint density at radius 1 is 1.00 bits per heavy atom. The Bertz CT molecular complexity index is 629. The van der Waals surface area contributed by atoms with Gasteiger partial charge >= 0.3 is 17.8 Å². The molecule has 0 saturated heterocycles. The lowest BCUT2D eigenvalue weighted by molar-refractivity contribution is -0.152. The smallest absolute Gasteiger partial charge is 0.397 e. The van der Waals surface area contributed by atoms with Crippen molar-refractivity contribution in [2.45, 2.75) is 26.7 Å².